The minimum absolute atomic E-state index is 0.0319. The predicted octanol–water partition coefficient (Wildman–Crippen LogP) is -0.748. The van der Waals surface area contributed by atoms with Crippen LogP contribution < -0.4 is 15.6 Å². The fourth-order valence-electron chi connectivity index (χ4n) is 3.80. The van der Waals surface area contributed by atoms with Gasteiger partial charge >= 0.3 is 5.97 Å². The van der Waals surface area contributed by atoms with Crippen molar-refractivity contribution in [1.82, 2.24) is 40.2 Å². The third kappa shape index (κ3) is 5.54. The summed E-state index contributed by atoms with van der Waals surface area (Å²) in [6.45, 7) is 2.14. The van der Waals surface area contributed by atoms with Crippen molar-refractivity contribution in [3.05, 3.63) is 41.6 Å². The van der Waals surface area contributed by atoms with E-state index < -0.39 is 29.2 Å². The molecule has 0 aromatic carbocycles. The van der Waals surface area contributed by atoms with Crippen molar-refractivity contribution in [2.45, 2.75) is 34.9 Å². The van der Waals surface area contributed by atoms with Crippen molar-refractivity contribution < 1.29 is 28.9 Å². The number of tetrazole rings is 1. The number of aromatic amines is 1. The first-order valence-corrected chi connectivity index (χ1v) is 13.9. The molecule has 39 heavy (non-hydrogen) atoms. The van der Waals surface area contributed by atoms with Crippen molar-refractivity contribution in [2.75, 3.05) is 18.1 Å². The van der Waals surface area contributed by atoms with Gasteiger partial charge in [-0.1, -0.05) is 5.16 Å². The topological polar surface area (TPSA) is 218 Å². The van der Waals surface area contributed by atoms with Crippen molar-refractivity contribution >= 4 is 63.7 Å². The Morgan fingerprint density at radius 1 is 1.41 bits per heavy atom. The standard InChI is InChI=1S/C20H19N11O5S3/c1-2-36-26-11(14-23-19(21)39-27-14)15(32)22-12-16(33)31-13(18(34)35)9(8-37-17(12)31)7-30-5-3-10(4-6-30)38-20-24-28-29-25-20/h3-6,12,17H,2,7-8H2,1H3,(H4-,21,22,23,24,25,27,28,29,32,34,35)/p+1/t12?,17-/m1/s1. The SMILES string of the molecule is CCON=C(C(=O)NC1C(=O)N2C(C(=O)O)=C(C[n+]3ccc(Sc4nn[nH]n4)cc3)CS[C@H]12)c1nsc(N)n1. The number of carboxylic acids is 1. The monoisotopic (exact) mass is 590 g/mol. The van der Waals surface area contributed by atoms with E-state index >= 15 is 0 Å². The number of pyridine rings is 1. The largest absolute Gasteiger partial charge is 0.477 e. The van der Waals surface area contributed by atoms with E-state index in [2.05, 4.69) is 40.5 Å². The maximum Gasteiger partial charge on any atom is 0.352 e. The van der Waals surface area contributed by atoms with Crippen LogP contribution in [0, 0.1) is 0 Å². The van der Waals surface area contributed by atoms with Gasteiger partial charge in [-0.05, 0) is 23.9 Å². The normalized spacial score (nSPS) is 18.9. The Hall–Kier alpha value is -4.10. The molecule has 2 atom stereocenters. The minimum atomic E-state index is -1.22. The lowest BCUT2D eigenvalue weighted by atomic mass is 10.0. The summed E-state index contributed by atoms with van der Waals surface area (Å²) in [6, 6.07) is 2.72. The van der Waals surface area contributed by atoms with Gasteiger partial charge < -0.3 is 21.0 Å². The molecule has 2 amide bonds. The van der Waals surface area contributed by atoms with Crippen molar-refractivity contribution in [3.63, 3.8) is 0 Å². The molecule has 5 N–H and O–H groups in total. The highest BCUT2D eigenvalue weighted by atomic mass is 32.2. The number of oxime groups is 1. The number of carbonyl (C=O) groups excluding carboxylic acids is 2. The van der Waals surface area contributed by atoms with Crippen LogP contribution in [0.4, 0.5) is 5.13 Å². The maximum atomic E-state index is 13.1. The van der Waals surface area contributed by atoms with E-state index in [0.29, 0.717) is 16.5 Å². The first kappa shape index (κ1) is 26.5. The molecule has 16 nitrogen and oxygen atoms in total. The quantitative estimate of drug-likeness (QED) is 0.0990. The summed E-state index contributed by atoms with van der Waals surface area (Å²) in [7, 11) is 0. The van der Waals surface area contributed by atoms with Crippen LogP contribution >= 0.6 is 35.1 Å². The number of nitrogen functional groups attached to an aromatic ring is 1. The first-order chi connectivity index (χ1) is 18.9. The number of β-lactam (4-membered cyclic amide) rings is 1. The number of aliphatic carboxylic acids is 1. The summed E-state index contributed by atoms with van der Waals surface area (Å²) in [6.07, 6.45) is 3.59. The Morgan fingerprint density at radius 3 is 2.85 bits per heavy atom. The lowest BCUT2D eigenvalue weighted by molar-refractivity contribution is -0.689. The number of nitrogens with one attached hydrogen (secondary N) is 2. The van der Waals surface area contributed by atoms with E-state index in [4.69, 9.17) is 10.6 Å². The molecule has 3 aromatic heterocycles. The van der Waals surface area contributed by atoms with Crippen LogP contribution in [0.25, 0.3) is 0 Å². The average molecular weight is 591 g/mol. The Kier molecular flexibility index (Phi) is 7.70. The van der Waals surface area contributed by atoms with Crippen molar-refractivity contribution in [2.24, 2.45) is 5.16 Å². The number of aromatic nitrogens is 7. The number of thioether (sulfide) groups is 1. The molecule has 1 unspecified atom stereocenters. The van der Waals surface area contributed by atoms with E-state index in [-0.39, 0.29) is 35.5 Å². The number of rotatable bonds is 10. The lowest BCUT2D eigenvalue weighted by Crippen LogP contribution is -2.71. The number of H-pyrrole nitrogens is 1. The zero-order valence-corrected chi connectivity index (χ0v) is 22.5. The molecule has 1 saturated heterocycles. The molecular formula is C20H20N11O5S3+. The van der Waals surface area contributed by atoms with Gasteiger partial charge in [-0.25, -0.2) is 9.36 Å². The molecule has 0 saturated carbocycles. The van der Waals surface area contributed by atoms with Crippen LogP contribution in [0.2, 0.25) is 0 Å². The second-order valence-corrected chi connectivity index (χ2v) is 10.9. The Labute approximate surface area is 232 Å². The van der Waals surface area contributed by atoms with E-state index in [9.17, 15) is 19.5 Å². The van der Waals surface area contributed by atoms with E-state index in [0.717, 1.165) is 16.4 Å². The minimum Gasteiger partial charge on any atom is -0.477 e. The first-order valence-electron chi connectivity index (χ1n) is 11.3. The highest BCUT2D eigenvalue weighted by Crippen LogP contribution is 2.40. The van der Waals surface area contributed by atoms with Crippen LogP contribution in [0.5, 0.6) is 0 Å². The fourth-order valence-corrected chi connectivity index (χ4v) is 6.20. The molecule has 3 aromatic rings. The van der Waals surface area contributed by atoms with Crippen LogP contribution in [-0.2, 0) is 25.8 Å². The van der Waals surface area contributed by atoms with Crippen LogP contribution in [0.3, 0.4) is 0 Å². The summed E-state index contributed by atoms with van der Waals surface area (Å²) in [5.41, 5.74) is 5.86. The van der Waals surface area contributed by atoms with Crippen molar-refractivity contribution in [3.8, 4) is 0 Å². The molecule has 2 aliphatic rings. The van der Waals surface area contributed by atoms with Gasteiger partial charge in [0.15, 0.2) is 24.1 Å². The highest BCUT2D eigenvalue weighted by Gasteiger charge is 2.54. The summed E-state index contributed by atoms with van der Waals surface area (Å²) >= 11 is 3.56. The van der Waals surface area contributed by atoms with Gasteiger partial charge in [0, 0.05) is 39.9 Å². The number of carboxylic acid groups (broad SMARTS) is 1. The summed E-state index contributed by atoms with van der Waals surface area (Å²) in [5, 5.41) is 30.1. The van der Waals surface area contributed by atoms with Gasteiger partial charge in [0.2, 0.25) is 16.7 Å². The van der Waals surface area contributed by atoms with E-state index in [1.165, 1.54) is 28.4 Å². The maximum absolute atomic E-state index is 13.1. The third-order valence-electron chi connectivity index (χ3n) is 5.46. The molecule has 19 heteroatoms. The zero-order chi connectivity index (χ0) is 27.5. The number of fused-ring (bicyclic) bond motifs is 1. The van der Waals surface area contributed by atoms with E-state index in [1.807, 2.05) is 16.7 Å². The second-order valence-electron chi connectivity index (χ2n) is 7.93. The van der Waals surface area contributed by atoms with Crippen LogP contribution in [0.1, 0.15) is 12.7 Å². The smallest absolute Gasteiger partial charge is 0.352 e. The molecule has 5 rings (SSSR count). The number of nitrogens with zero attached hydrogens (tertiary/aromatic N) is 8. The van der Waals surface area contributed by atoms with Gasteiger partial charge in [0.05, 0.1) is 0 Å². The Balaban J connectivity index is 1.29. The number of hydrogen-bond donors (Lipinski definition) is 4. The number of anilines is 1. The second kappa shape index (κ2) is 11.3. The molecule has 0 aliphatic carbocycles. The van der Waals surface area contributed by atoms with Crippen LogP contribution in [0.15, 0.2) is 51.0 Å². The van der Waals surface area contributed by atoms with Gasteiger partial charge in [0.1, 0.15) is 23.7 Å². The van der Waals surface area contributed by atoms with Gasteiger partial charge in [-0.15, -0.1) is 22.0 Å². The fraction of sp³-hybridized carbons (Fsp3) is 0.300. The van der Waals surface area contributed by atoms with Crippen molar-refractivity contribution in [1.29, 1.82) is 0 Å². The summed E-state index contributed by atoms with van der Waals surface area (Å²) in [4.78, 5) is 49.3. The lowest BCUT2D eigenvalue weighted by Gasteiger charge is -2.49. The summed E-state index contributed by atoms with van der Waals surface area (Å²) < 4.78 is 5.80. The van der Waals surface area contributed by atoms with Gasteiger partial charge in [0.25, 0.3) is 11.8 Å². The molecule has 0 bridgehead atoms. The molecule has 1 fully saturated rings. The Bertz CT molecular complexity index is 1460. The van der Waals surface area contributed by atoms with Gasteiger partial charge in [-0.3, -0.25) is 14.5 Å². The molecule has 202 valence electrons. The zero-order valence-electron chi connectivity index (χ0n) is 20.0. The molecule has 5 heterocycles. The average Bonchev–Trinajstić information content (AvgIpc) is 3.60. The molecule has 2 aliphatic heterocycles. The Morgan fingerprint density at radius 2 is 2.21 bits per heavy atom. The van der Waals surface area contributed by atoms with Crippen LogP contribution in [-0.4, -0.2) is 87.3 Å². The molecule has 0 radical (unpaired) electrons. The summed E-state index contributed by atoms with van der Waals surface area (Å²) in [5.74, 6) is -2.19. The predicted molar refractivity (Wildman–Crippen MR) is 137 cm³/mol. The van der Waals surface area contributed by atoms with Gasteiger partial charge in [-0.2, -0.15) is 14.6 Å². The number of amides is 2. The molecular weight excluding hydrogens is 570 g/mol. The molecule has 0 spiro atoms. The van der Waals surface area contributed by atoms with E-state index in [1.54, 1.807) is 19.3 Å². The third-order valence-corrected chi connectivity index (χ3v) is 8.20. The number of hydrogen-bond acceptors (Lipinski definition) is 14. The highest BCUT2D eigenvalue weighted by molar-refractivity contribution is 8.00. The number of nitrogens with two attached hydrogens (primary N) is 1. The number of carbonyl (C=O) groups is 3.